The van der Waals surface area contributed by atoms with Crippen molar-refractivity contribution in [2.45, 2.75) is 26.2 Å². The molecule has 1 aromatic heterocycles. The SMILES string of the molecule is CC(C)(C)c1ccc2nc(NC(=O)c3ccc(Cl)c([N+](=O)[O-])c3)sc2c1. The van der Waals surface area contributed by atoms with E-state index in [4.69, 9.17) is 11.6 Å². The molecule has 0 aliphatic carbocycles. The van der Waals surface area contributed by atoms with Gasteiger partial charge in [0, 0.05) is 11.6 Å². The van der Waals surface area contributed by atoms with Crippen molar-refractivity contribution in [3.05, 3.63) is 62.7 Å². The lowest BCUT2D eigenvalue weighted by molar-refractivity contribution is -0.384. The van der Waals surface area contributed by atoms with Crippen LogP contribution in [0.1, 0.15) is 36.7 Å². The van der Waals surface area contributed by atoms with Gasteiger partial charge >= 0.3 is 0 Å². The molecule has 0 atom stereocenters. The Morgan fingerprint density at radius 1 is 1.23 bits per heavy atom. The lowest BCUT2D eigenvalue weighted by Crippen LogP contribution is -2.11. The highest BCUT2D eigenvalue weighted by Crippen LogP contribution is 2.32. The van der Waals surface area contributed by atoms with Crippen LogP contribution in [-0.2, 0) is 5.41 Å². The summed E-state index contributed by atoms with van der Waals surface area (Å²) in [5.74, 6) is -0.472. The Hall–Kier alpha value is -2.51. The predicted molar refractivity (Wildman–Crippen MR) is 104 cm³/mol. The number of halogens is 1. The van der Waals surface area contributed by atoms with Crippen molar-refractivity contribution >= 4 is 49.9 Å². The molecule has 3 aromatic rings. The lowest BCUT2D eigenvalue weighted by Gasteiger charge is -2.18. The van der Waals surface area contributed by atoms with Crippen molar-refractivity contribution in [2.24, 2.45) is 0 Å². The molecule has 0 saturated carbocycles. The van der Waals surface area contributed by atoms with E-state index >= 15 is 0 Å². The van der Waals surface area contributed by atoms with Crippen LogP contribution in [0.2, 0.25) is 5.02 Å². The van der Waals surface area contributed by atoms with Gasteiger partial charge in [-0.25, -0.2) is 4.98 Å². The van der Waals surface area contributed by atoms with Crippen molar-refractivity contribution < 1.29 is 9.72 Å². The van der Waals surface area contributed by atoms with Gasteiger partial charge in [0.2, 0.25) is 0 Å². The number of hydrogen-bond donors (Lipinski definition) is 1. The maximum atomic E-state index is 12.4. The molecule has 1 N–H and O–H groups in total. The minimum absolute atomic E-state index is 0.0127. The number of anilines is 1. The number of nitro benzene ring substituents is 1. The van der Waals surface area contributed by atoms with Gasteiger partial charge in [0.15, 0.2) is 5.13 Å². The van der Waals surface area contributed by atoms with Crippen LogP contribution in [-0.4, -0.2) is 15.8 Å². The first-order chi connectivity index (χ1) is 12.1. The van der Waals surface area contributed by atoms with Crippen LogP contribution in [0.15, 0.2) is 36.4 Å². The summed E-state index contributed by atoms with van der Waals surface area (Å²) in [5, 5.41) is 14.1. The number of thiazole rings is 1. The van der Waals surface area contributed by atoms with E-state index in [2.05, 4.69) is 37.1 Å². The van der Waals surface area contributed by atoms with Crippen LogP contribution >= 0.6 is 22.9 Å². The molecule has 8 heteroatoms. The van der Waals surface area contributed by atoms with Crippen molar-refractivity contribution in [3.8, 4) is 0 Å². The monoisotopic (exact) mass is 389 g/mol. The Bertz CT molecular complexity index is 1020. The second-order valence-corrected chi connectivity index (χ2v) is 8.27. The molecule has 1 heterocycles. The normalized spacial score (nSPS) is 11.5. The van der Waals surface area contributed by atoms with E-state index in [0.717, 1.165) is 16.3 Å². The molecule has 134 valence electrons. The van der Waals surface area contributed by atoms with Gasteiger partial charge in [-0.3, -0.25) is 20.2 Å². The van der Waals surface area contributed by atoms with Crippen LogP contribution in [0.3, 0.4) is 0 Å². The maximum absolute atomic E-state index is 12.4. The third-order valence-corrected chi connectivity index (χ3v) is 5.13. The molecule has 0 radical (unpaired) electrons. The first-order valence-corrected chi connectivity index (χ1v) is 9.01. The molecule has 0 unspecified atom stereocenters. The number of aromatic nitrogens is 1. The average Bonchev–Trinajstić information content (AvgIpc) is 2.95. The Balaban J connectivity index is 1.88. The number of nitrogens with zero attached hydrogens (tertiary/aromatic N) is 2. The Labute approximate surface area is 159 Å². The van der Waals surface area contributed by atoms with Crippen LogP contribution in [0, 0.1) is 10.1 Å². The number of carbonyl (C=O) groups is 1. The van der Waals surface area contributed by atoms with Crippen molar-refractivity contribution in [1.82, 2.24) is 4.98 Å². The summed E-state index contributed by atoms with van der Waals surface area (Å²) in [6.07, 6.45) is 0. The van der Waals surface area contributed by atoms with Crippen LogP contribution in [0.5, 0.6) is 0 Å². The standard InChI is InChI=1S/C18H16ClN3O3S/c1-18(2,3)11-5-7-13-15(9-11)26-17(20-13)21-16(23)10-4-6-12(19)14(8-10)22(24)25/h4-9H,1-3H3,(H,20,21,23). The molecule has 1 amide bonds. The molecule has 6 nitrogen and oxygen atoms in total. The minimum atomic E-state index is -0.620. The fourth-order valence-corrected chi connectivity index (χ4v) is 3.49. The van der Waals surface area contributed by atoms with E-state index < -0.39 is 10.8 Å². The predicted octanol–water partition coefficient (Wildman–Crippen LogP) is 5.41. The number of benzene rings is 2. The Kier molecular flexibility index (Phi) is 4.68. The molecular weight excluding hydrogens is 374 g/mol. The molecule has 0 bridgehead atoms. The van der Waals surface area contributed by atoms with Gasteiger partial charge in [0.25, 0.3) is 11.6 Å². The zero-order valence-corrected chi connectivity index (χ0v) is 15.9. The van der Waals surface area contributed by atoms with Gasteiger partial charge in [0.05, 0.1) is 15.1 Å². The summed E-state index contributed by atoms with van der Waals surface area (Å²) < 4.78 is 0.967. The summed E-state index contributed by atoms with van der Waals surface area (Å²) >= 11 is 7.14. The second-order valence-electron chi connectivity index (χ2n) is 6.83. The first kappa shape index (κ1) is 18.3. The minimum Gasteiger partial charge on any atom is -0.298 e. The quantitative estimate of drug-likeness (QED) is 0.479. The fourth-order valence-electron chi connectivity index (χ4n) is 2.41. The summed E-state index contributed by atoms with van der Waals surface area (Å²) in [6, 6.07) is 9.95. The molecule has 2 aromatic carbocycles. The second kappa shape index (κ2) is 6.66. The highest BCUT2D eigenvalue weighted by Gasteiger charge is 2.18. The molecule has 0 spiro atoms. The summed E-state index contributed by atoms with van der Waals surface area (Å²) in [4.78, 5) is 27.1. The zero-order valence-electron chi connectivity index (χ0n) is 14.4. The van der Waals surface area contributed by atoms with E-state index in [1.807, 2.05) is 12.1 Å². The smallest absolute Gasteiger partial charge is 0.288 e. The number of carbonyl (C=O) groups excluding carboxylic acids is 1. The average molecular weight is 390 g/mol. The van der Waals surface area contributed by atoms with Crippen LogP contribution in [0.25, 0.3) is 10.2 Å². The molecule has 3 rings (SSSR count). The highest BCUT2D eigenvalue weighted by atomic mass is 35.5. The van der Waals surface area contributed by atoms with Crippen LogP contribution < -0.4 is 5.32 Å². The van der Waals surface area contributed by atoms with Crippen LogP contribution in [0.4, 0.5) is 10.8 Å². The van der Waals surface area contributed by atoms with Gasteiger partial charge in [0.1, 0.15) is 5.02 Å². The Morgan fingerprint density at radius 2 is 1.96 bits per heavy atom. The zero-order chi connectivity index (χ0) is 19.1. The third-order valence-electron chi connectivity index (χ3n) is 3.88. The summed E-state index contributed by atoms with van der Waals surface area (Å²) in [6.45, 7) is 6.39. The van der Waals surface area contributed by atoms with Gasteiger partial charge < -0.3 is 0 Å². The molecule has 26 heavy (non-hydrogen) atoms. The largest absolute Gasteiger partial charge is 0.298 e. The van der Waals surface area contributed by atoms with E-state index in [1.54, 1.807) is 0 Å². The van der Waals surface area contributed by atoms with Gasteiger partial charge in [-0.05, 0) is 35.2 Å². The number of amides is 1. The number of rotatable bonds is 3. The van der Waals surface area contributed by atoms with Crippen molar-refractivity contribution in [1.29, 1.82) is 0 Å². The van der Waals surface area contributed by atoms with E-state index in [1.165, 1.54) is 29.0 Å². The van der Waals surface area contributed by atoms with Crippen molar-refractivity contribution in [3.63, 3.8) is 0 Å². The summed E-state index contributed by atoms with van der Waals surface area (Å²) in [7, 11) is 0. The lowest BCUT2D eigenvalue weighted by atomic mass is 9.87. The maximum Gasteiger partial charge on any atom is 0.288 e. The third kappa shape index (κ3) is 3.68. The molecule has 0 fully saturated rings. The summed E-state index contributed by atoms with van der Waals surface area (Å²) in [5.41, 5.74) is 1.83. The van der Waals surface area contributed by atoms with E-state index in [0.29, 0.717) is 5.13 Å². The number of nitro groups is 1. The van der Waals surface area contributed by atoms with E-state index in [9.17, 15) is 14.9 Å². The van der Waals surface area contributed by atoms with Gasteiger partial charge in [-0.15, -0.1) is 0 Å². The Morgan fingerprint density at radius 3 is 2.62 bits per heavy atom. The number of nitrogens with one attached hydrogen (secondary N) is 1. The van der Waals surface area contributed by atoms with Crippen molar-refractivity contribution in [2.75, 3.05) is 5.32 Å². The topological polar surface area (TPSA) is 85.1 Å². The van der Waals surface area contributed by atoms with Gasteiger partial charge in [-0.2, -0.15) is 0 Å². The number of hydrogen-bond acceptors (Lipinski definition) is 5. The molecule has 0 saturated heterocycles. The molecular formula is C18H16ClN3O3S. The number of fused-ring (bicyclic) bond motifs is 1. The molecule has 0 aliphatic rings. The fraction of sp³-hybridized carbons (Fsp3) is 0.222. The van der Waals surface area contributed by atoms with E-state index in [-0.39, 0.29) is 21.7 Å². The molecule has 0 aliphatic heterocycles. The highest BCUT2D eigenvalue weighted by molar-refractivity contribution is 7.22. The first-order valence-electron chi connectivity index (χ1n) is 7.81. The van der Waals surface area contributed by atoms with Gasteiger partial charge in [-0.1, -0.05) is 49.8 Å².